The van der Waals surface area contributed by atoms with E-state index < -0.39 is 23.8 Å². The molecule has 1 aliphatic heterocycles. The molecule has 0 aromatic heterocycles. The first kappa shape index (κ1) is 14.7. The number of carbonyl (C=O) groups excluding carboxylic acids is 3. The van der Waals surface area contributed by atoms with Gasteiger partial charge in [-0.2, -0.15) is 0 Å². The Bertz CT molecular complexity index is 295. The highest BCUT2D eigenvalue weighted by atomic mass is 16.2. The van der Waals surface area contributed by atoms with Crippen molar-refractivity contribution in [1.29, 1.82) is 0 Å². The predicted molar refractivity (Wildman–Crippen MR) is 67.8 cm³/mol. The zero-order valence-corrected chi connectivity index (χ0v) is 11.0. The highest BCUT2D eigenvalue weighted by molar-refractivity contribution is 6.16. The predicted octanol–water partition coefficient (Wildman–Crippen LogP) is 2.11. The number of urea groups is 1. The van der Waals surface area contributed by atoms with Gasteiger partial charge in [0.15, 0.2) is 0 Å². The Morgan fingerprint density at radius 3 is 1.89 bits per heavy atom. The van der Waals surface area contributed by atoms with Crippen LogP contribution in [0.2, 0.25) is 0 Å². The molecule has 0 aliphatic carbocycles. The van der Waals surface area contributed by atoms with Crippen molar-refractivity contribution in [3.8, 4) is 0 Å². The van der Waals surface area contributed by atoms with Crippen molar-refractivity contribution in [2.45, 2.75) is 58.3 Å². The quantitative estimate of drug-likeness (QED) is 0.514. The second kappa shape index (κ2) is 7.84. The highest BCUT2D eigenvalue weighted by Crippen LogP contribution is 2.14. The summed E-state index contributed by atoms with van der Waals surface area (Å²) >= 11 is 0. The summed E-state index contributed by atoms with van der Waals surface area (Å²) in [6.07, 6.45) is 8.55. The normalized spacial score (nSPS) is 16.6. The van der Waals surface area contributed by atoms with E-state index in [9.17, 15) is 14.4 Å². The van der Waals surface area contributed by atoms with Crippen LogP contribution in [-0.4, -0.2) is 17.8 Å². The minimum absolute atomic E-state index is 0.463. The average molecular weight is 254 g/mol. The number of amides is 4. The highest BCUT2D eigenvalue weighted by Gasteiger charge is 2.33. The molecule has 5 heteroatoms. The number of carbonyl (C=O) groups is 3. The standard InChI is InChI=1S/C13H22N2O3/c1-2-3-4-5-6-7-8-9-10-11(16)14-13(18)15-12(10)17/h10H,2-9H2,1H3,(H2,14,15,16,17,18). The molecule has 1 heterocycles. The fraction of sp³-hybridized carbons (Fsp3) is 0.769. The number of imide groups is 2. The van der Waals surface area contributed by atoms with Crippen molar-refractivity contribution in [2.75, 3.05) is 0 Å². The number of hydrogen-bond acceptors (Lipinski definition) is 3. The topological polar surface area (TPSA) is 75.3 Å². The van der Waals surface area contributed by atoms with E-state index >= 15 is 0 Å². The molecule has 2 N–H and O–H groups in total. The number of barbiturate groups is 1. The van der Waals surface area contributed by atoms with Crippen LogP contribution < -0.4 is 10.6 Å². The van der Waals surface area contributed by atoms with E-state index in [0.29, 0.717) is 6.42 Å². The van der Waals surface area contributed by atoms with Crippen LogP contribution in [-0.2, 0) is 9.59 Å². The van der Waals surface area contributed by atoms with Crippen LogP contribution in [0.4, 0.5) is 4.79 Å². The fourth-order valence-corrected chi connectivity index (χ4v) is 2.12. The monoisotopic (exact) mass is 254 g/mol. The van der Waals surface area contributed by atoms with Gasteiger partial charge in [-0.3, -0.25) is 20.2 Å². The van der Waals surface area contributed by atoms with Gasteiger partial charge in [0.1, 0.15) is 5.92 Å². The van der Waals surface area contributed by atoms with Crippen LogP contribution in [0.3, 0.4) is 0 Å². The van der Waals surface area contributed by atoms with Crippen molar-refractivity contribution in [3.05, 3.63) is 0 Å². The maximum Gasteiger partial charge on any atom is 0.328 e. The van der Waals surface area contributed by atoms with Gasteiger partial charge in [0, 0.05) is 0 Å². The summed E-state index contributed by atoms with van der Waals surface area (Å²) in [6, 6.07) is -0.708. The molecule has 0 atom stereocenters. The smallest absolute Gasteiger partial charge is 0.277 e. The van der Waals surface area contributed by atoms with Gasteiger partial charge in [-0.05, 0) is 6.42 Å². The van der Waals surface area contributed by atoms with Gasteiger partial charge in [0.25, 0.3) is 0 Å². The first-order valence-electron chi connectivity index (χ1n) is 6.81. The summed E-state index contributed by atoms with van der Waals surface area (Å²) in [5, 5.41) is 4.24. The van der Waals surface area contributed by atoms with Gasteiger partial charge in [-0.25, -0.2) is 4.79 Å². The molecular formula is C13H22N2O3. The van der Waals surface area contributed by atoms with Crippen molar-refractivity contribution in [3.63, 3.8) is 0 Å². The fourth-order valence-electron chi connectivity index (χ4n) is 2.12. The molecule has 1 saturated heterocycles. The molecule has 0 aromatic rings. The van der Waals surface area contributed by atoms with Crippen molar-refractivity contribution < 1.29 is 14.4 Å². The number of unbranched alkanes of at least 4 members (excludes halogenated alkanes) is 6. The Morgan fingerprint density at radius 1 is 0.833 bits per heavy atom. The van der Waals surface area contributed by atoms with E-state index in [1.807, 2.05) is 0 Å². The summed E-state index contributed by atoms with van der Waals surface area (Å²) in [5.74, 6) is -1.62. The summed E-state index contributed by atoms with van der Waals surface area (Å²) in [7, 11) is 0. The lowest BCUT2D eigenvalue weighted by Gasteiger charge is -2.20. The lowest BCUT2D eigenvalue weighted by atomic mass is 9.97. The molecule has 0 bridgehead atoms. The van der Waals surface area contributed by atoms with Gasteiger partial charge in [0.2, 0.25) is 11.8 Å². The van der Waals surface area contributed by atoms with E-state index in [4.69, 9.17) is 0 Å². The third-order valence-corrected chi connectivity index (χ3v) is 3.20. The molecular weight excluding hydrogens is 232 g/mol. The second-order valence-electron chi connectivity index (χ2n) is 4.77. The summed E-state index contributed by atoms with van der Waals surface area (Å²) < 4.78 is 0. The van der Waals surface area contributed by atoms with Crippen LogP contribution >= 0.6 is 0 Å². The molecule has 0 aromatic carbocycles. The Labute approximate surface area is 108 Å². The molecule has 102 valence electrons. The van der Waals surface area contributed by atoms with Crippen LogP contribution in [0.5, 0.6) is 0 Å². The molecule has 0 spiro atoms. The lowest BCUT2D eigenvalue weighted by Crippen LogP contribution is -2.55. The maximum atomic E-state index is 11.4. The van der Waals surface area contributed by atoms with Gasteiger partial charge in [-0.1, -0.05) is 51.9 Å². The van der Waals surface area contributed by atoms with E-state index in [2.05, 4.69) is 17.6 Å². The molecule has 0 saturated carbocycles. The number of hydrogen-bond donors (Lipinski definition) is 2. The third kappa shape index (κ3) is 4.85. The molecule has 0 radical (unpaired) electrons. The van der Waals surface area contributed by atoms with Crippen LogP contribution in [0.1, 0.15) is 58.3 Å². The maximum absolute atomic E-state index is 11.4. The Morgan fingerprint density at radius 2 is 1.33 bits per heavy atom. The van der Waals surface area contributed by atoms with Crippen molar-refractivity contribution in [1.82, 2.24) is 10.6 Å². The molecule has 1 rings (SSSR count). The van der Waals surface area contributed by atoms with E-state index in [1.54, 1.807) is 0 Å². The first-order valence-corrected chi connectivity index (χ1v) is 6.81. The molecule has 1 aliphatic rings. The molecule has 1 fully saturated rings. The molecule has 18 heavy (non-hydrogen) atoms. The number of rotatable bonds is 8. The van der Waals surface area contributed by atoms with Gasteiger partial charge >= 0.3 is 6.03 Å². The van der Waals surface area contributed by atoms with E-state index in [1.165, 1.54) is 25.7 Å². The minimum Gasteiger partial charge on any atom is -0.277 e. The summed E-state index contributed by atoms with van der Waals surface area (Å²) in [4.78, 5) is 33.7. The summed E-state index contributed by atoms with van der Waals surface area (Å²) in [5.41, 5.74) is 0. The van der Waals surface area contributed by atoms with Gasteiger partial charge in [-0.15, -0.1) is 0 Å². The Hall–Kier alpha value is -1.39. The van der Waals surface area contributed by atoms with E-state index in [0.717, 1.165) is 19.3 Å². The van der Waals surface area contributed by atoms with Crippen LogP contribution in [0, 0.1) is 5.92 Å². The number of nitrogens with one attached hydrogen (secondary N) is 2. The molecule has 0 unspecified atom stereocenters. The Kier molecular flexibility index (Phi) is 6.39. The van der Waals surface area contributed by atoms with Crippen molar-refractivity contribution >= 4 is 17.8 Å². The average Bonchev–Trinajstić information content (AvgIpc) is 2.30. The lowest BCUT2D eigenvalue weighted by molar-refractivity contribution is -0.136. The van der Waals surface area contributed by atoms with Crippen molar-refractivity contribution in [2.24, 2.45) is 5.92 Å². The third-order valence-electron chi connectivity index (χ3n) is 3.20. The largest absolute Gasteiger partial charge is 0.328 e. The minimum atomic E-state index is -0.708. The zero-order chi connectivity index (χ0) is 13.4. The Balaban J connectivity index is 2.13. The SMILES string of the molecule is CCCCCCCCCC1C(=O)NC(=O)NC1=O. The summed E-state index contributed by atoms with van der Waals surface area (Å²) in [6.45, 7) is 2.18. The van der Waals surface area contributed by atoms with Gasteiger partial charge < -0.3 is 0 Å². The zero-order valence-electron chi connectivity index (χ0n) is 11.0. The van der Waals surface area contributed by atoms with Gasteiger partial charge in [0.05, 0.1) is 0 Å². The molecule has 5 nitrogen and oxygen atoms in total. The first-order chi connectivity index (χ1) is 8.65. The van der Waals surface area contributed by atoms with Crippen LogP contribution in [0.25, 0.3) is 0 Å². The molecule has 4 amide bonds. The van der Waals surface area contributed by atoms with Crippen LogP contribution in [0.15, 0.2) is 0 Å². The van der Waals surface area contributed by atoms with E-state index in [-0.39, 0.29) is 0 Å². The second-order valence-corrected chi connectivity index (χ2v) is 4.77.